The highest BCUT2D eigenvalue weighted by atomic mass is 19.1. The molecule has 1 aliphatic heterocycles. The Morgan fingerprint density at radius 2 is 2.06 bits per heavy atom. The minimum absolute atomic E-state index is 0.228. The lowest BCUT2D eigenvalue weighted by Gasteiger charge is -2.20. The Morgan fingerprint density at radius 1 is 1.19 bits per heavy atom. The minimum atomic E-state index is -0.228. The van der Waals surface area contributed by atoms with E-state index in [9.17, 15) is 4.39 Å². The van der Waals surface area contributed by atoms with Gasteiger partial charge < -0.3 is 15.2 Å². The maximum absolute atomic E-state index is 13.9. The van der Waals surface area contributed by atoms with Gasteiger partial charge in [0.1, 0.15) is 11.5 Å². The summed E-state index contributed by atoms with van der Waals surface area (Å²) in [5.74, 6) is 1.45. The highest BCUT2D eigenvalue weighted by Crippen LogP contribution is 2.33. The van der Waals surface area contributed by atoms with Crippen molar-refractivity contribution in [3.63, 3.8) is 0 Å². The predicted molar refractivity (Wildman–Crippen MR) is 121 cm³/mol. The number of aromatic nitrogens is 4. The summed E-state index contributed by atoms with van der Waals surface area (Å²) in [6.07, 6.45) is 0.844. The van der Waals surface area contributed by atoms with Gasteiger partial charge in [0.05, 0.1) is 35.8 Å². The van der Waals surface area contributed by atoms with Crippen LogP contribution in [0.5, 0.6) is 0 Å². The molecule has 0 fully saturated rings. The van der Waals surface area contributed by atoms with Crippen LogP contribution in [0.4, 0.5) is 4.39 Å². The maximum Gasteiger partial charge on any atom is 0.159 e. The predicted octanol–water partition coefficient (Wildman–Crippen LogP) is 4.72. The molecule has 31 heavy (non-hydrogen) atoms. The highest BCUT2D eigenvalue weighted by Gasteiger charge is 2.25. The molecule has 0 bridgehead atoms. The number of nitrogens with zero attached hydrogens (tertiary/aromatic N) is 3. The standard InChI is InChI=1S/C24H25FN6/c1-4-15-6-8-17(25)11-19(15)16-7-9-18-20(10-16)29-30-23(18)24-27-21-12-31(13-22(21)28-24)14(3)26-5-2/h6-11,26H,3-5,12-13H2,1-2H3,(H,27,28)(H,29,30). The van der Waals surface area contributed by atoms with Crippen molar-refractivity contribution in [2.24, 2.45) is 0 Å². The number of imidazole rings is 1. The van der Waals surface area contributed by atoms with Crippen molar-refractivity contribution in [3.05, 3.63) is 71.6 Å². The third-order valence-electron chi connectivity index (χ3n) is 5.87. The summed E-state index contributed by atoms with van der Waals surface area (Å²) in [5, 5.41) is 11.9. The number of hydrogen-bond acceptors (Lipinski definition) is 4. The molecule has 158 valence electrons. The van der Waals surface area contributed by atoms with E-state index in [-0.39, 0.29) is 5.82 Å². The fourth-order valence-corrected chi connectivity index (χ4v) is 4.25. The van der Waals surface area contributed by atoms with Crippen LogP contribution in [0.3, 0.4) is 0 Å². The zero-order valence-electron chi connectivity index (χ0n) is 17.7. The molecule has 0 amide bonds. The SMILES string of the molecule is C=C(NCC)N1Cc2nc(-c3n[nH]c4cc(-c5cc(F)ccc5CC)ccc34)[nH]c2C1. The Hall–Kier alpha value is -3.61. The molecule has 7 heteroatoms. The smallest absolute Gasteiger partial charge is 0.159 e. The fraction of sp³-hybridized carbons (Fsp3) is 0.250. The van der Waals surface area contributed by atoms with Gasteiger partial charge in [-0.05, 0) is 54.3 Å². The molecule has 0 atom stereocenters. The Balaban J connectivity index is 1.46. The number of H-pyrrole nitrogens is 2. The van der Waals surface area contributed by atoms with Crippen LogP contribution in [0.15, 0.2) is 48.8 Å². The molecule has 3 heterocycles. The van der Waals surface area contributed by atoms with Crippen molar-refractivity contribution in [1.82, 2.24) is 30.4 Å². The van der Waals surface area contributed by atoms with E-state index < -0.39 is 0 Å². The molecule has 0 saturated carbocycles. The van der Waals surface area contributed by atoms with Gasteiger partial charge >= 0.3 is 0 Å². The number of benzene rings is 2. The van der Waals surface area contributed by atoms with Gasteiger partial charge in [0, 0.05) is 11.9 Å². The quantitative estimate of drug-likeness (QED) is 0.425. The van der Waals surface area contributed by atoms with Crippen LogP contribution in [0.2, 0.25) is 0 Å². The third kappa shape index (κ3) is 3.36. The molecular formula is C24H25FN6. The first-order valence-electron chi connectivity index (χ1n) is 10.6. The van der Waals surface area contributed by atoms with E-state index in [2.05, 4.69) is 45.8 Å². The van der Waals surface area contributed by atoms with Gasteiger partial charge in [-0.25, -0.2) is 9.37 Å². The van der Waals surface area contributed by atoms with Crippen molar-refractivity contribution in [2.45, 2.75) is 33.4 Å². The topological polar surface area (TPSA) is 72.6 Å². The number of halogens is 1. The molecule has 3 N–H and O–H groups in total. The average molecular weight is 417 g/mol. The summed E-state index contributed by atoms with van der Waals surface area (Å²) in [6, 6.07) is 11.0. The number of fused-ring (bicyclic) bond motifs is 2. The summed E-state index contributed by atoms with van der Waals surface area (Å²) < 4.78 is 13.9. The van der Waals surface area contributed by atoms with Crippen molar-refractivity contribution < 1.29 is 4.39 Å². The largest absolute Gasteiger partial charge is 0.372 e. The van der Waals surface area contributed by atoms with E-state index >= 15 is 0 Å². The molecule has 4 aromatic rings. The van der Waals surface area contributed by atoms with E-state index in [1.165, 1.54) is 6.07 Å². The molecule has 0 aliphatic carbocycles. The molecule has 0 radical (unpaired) electrons. The van der Waals surface area contributed by atoms with Gasteiger partial charge in [-0.3, -0.25) is 5.10 Å². The second-order valence-electron chi connectivity index (χ2n) is 7.83. The summed E-state index contributed by atoms with van der Waals surface area (Å²) in [4.78, 5) is 10.4. The number of rotatable bonds is 6. The van der Waals surface area contributed by atoms with Gasteiger partial charge in [-0.1, -0.05) is 25.6 Å². The first-order chi connectivity index (χ1) is 15.1. The zero-order chi connectivity index (χ0) is 21.5. The average Bonchev–Trinajstić information content (AvgIpc) is 3.46. The molecule has 5 rings (SSSR count). The second kappa shape index (κ2) is 7.58. The number of nitrogens with one attached hydrogen (secondary N) is 3. The normalized spacial score (nSPS) is 13.1. The lowest BCUT2D eigenvalue weighted by molar-refractivity contribution is 0.333. The Bertz CT molecular complexity index is 1260. The molecular weight excluding hydrogens is 391 g/mol. The molecule has 2 aromatic heterocycles. The summed E-state index contributed by atoms with van der Waals surface area (Å²) >= 11 is 0. The maximum atomic E-state index is 13.9. The zero-order valence-corrected chi connectivity index (χ0v) is 17.7. The first-order valence-corrected chi connectivity index (χ1v) is 10.6. The molecule has 0 saturated heterocycles. The third-order valence-corrected chi connectivity index (χ3v) is 5.87. The second-order valence-corrected chi connectivity index (χ2v) is 7.83. The van der Waals surface area contributed by atoms with Crippen LogP contribution < -0.4 is 5.32 Å². The van der Waals surface area contributed by atoms with Gasteiger partial charge in [0.15, 0.2) is 5.82 Å². The Labute approximate surface area is 180 Å². The first kappa shape index (κ1) is 19.4. The molecule has 1 aliphatic rings. The lowest BCUT2D eigenvalue weighted by atomic mass is 9.97. The summed E-state index contributed by atoms with van der Waals surface area (Å²) in [6.45, 7) is 10.5. The number of hydrogen-bond donors (Lipinski definition) is 3. The van der Waals surface area contributed by atoms with E-state index in [0.29, 0.717) is 0 Å². The van der Waals surface area contributed by atoms with Crippen molar-refractivity contribution >= 4 is 10.9 Å². The van der Waals surface area contributed by atoms with E-state index in [4.69, 9.17) is 4.98 Å². The Morgan fingerprint density at radius 3 is 2.84 bits per heavy atom. The molecule has 0 spiro atoms. The van der Waals surface area contributed by atoms with Gasteiger partial charge in [0.25, 0.3) is 0 Å². The van der Waals surface area contributed by atoms with Crippen LogP contribution in [0, 0.1) is 5.82 Å². The van der Waals surface area contributed by atoms with Crippen LogP contribution in [-0.2, 0) is 19.5 Å². The monoisotopic (exact) mass is 416 g/mol. The molecule has 6 nitrogen and oxygen atoms in total. The Kier molecular flexibility index (Phi) is 4.73. The van der Waals surface area contributed by atoms with Gasteiger partial charge in [-0.15, -0.1) is 0 Å². The van der Waals surface area contributed by atoms with Crippen molar-refractivity contribution in [1.29, 1.82) is 0 Å². The lowest BCUT2D eigenvalue weighted by Crippen LogP contribution is -2.26. The number of aryl methyl sites for hydroxylation is 1. The van der Waals surface area contributed by atoms with Crippen LogP contribution in [0.1, 0.15) is 30.8 Å². The van der Waals surface area contributed by atoms with E-state index in [1.54, 1.807) is 6.07 Å². The van der Waals surface area contributed by atoms with E-state index in [0.717, 1.165) is 82.4 Å². The number of aromatic amines is 2. The fourth-order valence-electron chi connectivity index (χ4n) is 4.25. The highest BCUT2D eigenvalue weighted by molar-refractivity contribution is 5.94. The van der Waals surface area contributed by atoms with Crippen LogP contribution >= 0.6 is 0 Å². The summed E-state index contributed by atoms with van der Waals surface area (Å²) in [5.41, 5.74) is 6.81. The molecule has 2 aromatic carbocycles. The van der Waals surface area contributed by atoms with E-state index in [1.807, 2.05) is 24.3 Å². The van der Waals surface area contributed by atoms with Gasteiger partial charge in [-0.2, -0.15) is 5.10 Å². The van der Waals surface area contributed by atoms with Gasteiger partial charge in [0.2, 0.25) is 0 Å². The summed E-state index contributed by atoms with van der Waals surface area (Å²) in [7, 11) is 0. The van der Waals surface area contributed by atoms with Crippen molar-refractivity contribution in [3.8, 4) is 22.6 Å². The molecule has 0 unspecified atom stereocenters. The van der Waals surface area contributed by atoms with Crippen LogP contribution in [-0.4, -0.2) is 31.6 Å². The van der Waals surface area contributed by atoms with Crippen molar-refractivity contribution in [2.75, 3.05) is 6.54 Å². The van der Waals surface area contributed by atoms with Crippen LogP contribution in [0.25, 0.3) is 33.5 Å². The minimum Gasteiger partial charge on any atom is -0.372 e.